The zero-order valence-corrected chi connectivity index (χ0v) is 8.37. The second-order valence-electron chi connectivity index (χ2n) is 3.36. The lowest BCUT2D eigenvalue weighted by molar-refractivity contribution is -0.118. The first-order chi connectivity index (χ1) is 6.68. The fourth-order valence-electron chi connectivity index (χ4n) is 1.58. The van der Waals surface area contributed by atoms with Crippen molar-refractivity contribution in [2.24, 2.45) is 5.73 Å². The molecule has 2 N–H and O–H groups in total. The van der Waals surface area contributed by atoms with Crippen LogP contribution in [0.15, 0.2) is 24.3 Å². The van der Waals surface area contributed by atoms with Gasteiger partial charge >= 0.3 is 0 Å². The normalized spacial score (nSPS) is 21.7. The molecule has 0 spiro atoms. The van der Waals surface area contributed by atoms with Crippen molar-refractivity contribution in [3.05, 3.63) is 29.3 Å². The molecule has 4 heteroatoms. The van der Waals surface area contributed by atoms with E-state index >= 15 is 0 Å². The second kappa shape index (κ2) is 3.59. The van der Waals surface area contributed by atoms with E-state index in [1.54, 1.807) is 17.0 Å². The van der Waals surface area contributed by atoms with Crippen LogP contribution in [0.2, 0.25) is 5.02 Å². The molecule has 1 fully saturated rings. The minimum Gasteiger partial charge on any atom is -0.320 e. The van der Waals surface area contributed by atoms with Crippen LogP contribution in [-0.2, 0) is 4.79 Å². The summed E-state index contributed by atoms with van der Waals surface area (Å²) >= 11 is 5.76. The number of nitrogens with zero attached hydrogens (tertiary/aromatic N) is 1. The minimum absolute atomic E-state index is 0.00711. The number of nitrogens with two attached hydrogens (primary N) is 1. The fraction of sp³-hybridized carbons (Fsp3) is 0.300. The van der Waals surface area contributed by atoms with E-state index < -0.39 is 0 Å². The summed E-state index contributed by atoms with van der Waals surface area (Å²) in [5.41, 5.74) is 6.49. The van der Waals surface area contributed by atoms with E-state index in [1.807, 2.05) is 12.1 Å². The number of hydrogen-bond donors (Lipinski definition) is 1. The Balaban J connectivity index is 2.24. The predicted octanol–water partition coefficient (Wildman–Crippen LogP) is 1.40. The fourth-order valence-corrected chi connectivity index (χ4v) is 1.71. The number of halogens is 1. The SMILES string of the molecule is N[C@H]1CCN(c2ccc(Cl)cc2)C1=O. The Kier molecular flexibility index (Phi) is 2.44. The second-order valence-corrected chi connectivity index (χ2v) is 3.80. The highest BCUT2D eigenvalue weighted by Gasteiger charge is 2.29. The molecule has 3 nitrogen and oxygen atoms in total. The Morgan fingerprint density at radius 1 is 1.36 bits per heavy atom. The number of rotatable bonds is 1. The molecule has 0 unspecified atom stereocenters. The number of carbonyl (C=O) groups excluding carboxylic acids is 1. The Morgan fingerprint density at radius 2 is 2.00 bits per heavy atom. The Bertz CT molecular complexity index is 350. The number of amides is 1. The highest BCUT2D eigenvalue weighted by molar-refractivity contribution is 6.30. The van der Waals surface area contributed by atoms with E-state index in [1.165, 1.54) is 0 Å². The molecule has 0 bridgehead atoms. The van der Waals surface area contributed by atoms with Gasteiger partial charge in [0, 0.05) is 17.3 Å². The van der Waals surface area contributed by atoms with Gasteiger partial charge in [-0.25, -0.2) is 0 Å². The predicted molar refractivity (Wildman–Crippen MR) is 56.4 cm³/mol. The van der Waals surface area contributed by atoms with E-state index in [0.717, 1.165) is 12.1 Å². The maximum Gasteiger partial charge on any atom is 0.243 e. The van der Waals surface area contributed by atoms with Crippen molar-refractivity contribution < 1.29 is 4.79 Å². The van der Waals surface area contributed by atoms with E-state index in [-0.39, 0.29) is 11.9 Å². The topological polar surface area (TPSA) is 46.3 Å². The van der Waals surface area contributed by atoms with Gasteiger partial charge in [-0.1, -0.05) is 11.6 Å². The molecular weight excluding hydrogens is 200 g/mol. The van der Waals surface area contributed by atoms with E-state index in [9.17, 15) is 4.79 Å². The summed E-state index contributed by atoms with van der Waals surface area (Å²) in [4.78, 5) is 13.3. The van der Waals surface area contributed by atoms with Crippen LogP contribution >= 0.6 is 11.6 Å². The van der Waals surface area contributed by atoms with Gasteiger partial charge in [0.05, 0.1) is 6.04 Å². The Hall–Kier alpha value is -1.06. The summed E-state index contributed by atoms with van der Waals surface area (Å²) in [6, 6.07) is 6.86. The highest BCUT2D eigenvalue weighted by atomic mass is 35.5. The van der Waals surface area contributed by atoms with Crippen LogP contribution in [0.25, 0.3) is 0 Å². The first-order valence-corrected chi connectivity index (χ1v) is 4.89. The molecule has 1 saturated heterocycles. The van der Waals surface area contributed by atoms with Crippen molar-refractivity contribution in [3.8, 4) is 0 Å². The van der Waals surface area contributed by atoms with Crippen molar-refractivity contribution in [3.63, 3.8) is 0 Å². The van der Waals surface area contributed by atoms with Crippen LogP contribution in [0.1, 0.15) is 6.42 Å². The van der Waals surface area contributed by atoms with Gasteiger partial charge in [0.15, 0.2) is 0 Å². The average molecular weight is 211 g/mol. The van der Waals surface area contributed by atoms with E-state index in [2.05, 4.69) is 0 Å². The maximum absolute atomic E-state index is 11.6. The van der Waals surface area contributed by atoms with Crippen LogP contribution < -0.4 is 10.6 Å². The monoisotopic (exact) mass is 210 g/mol. The summed E-state index contributed by atoms with van der Waals surface area (Å²) in [5, 5.41) is 0.671. The first-order valence-electron chi connectivity index (χ1n) is 4.51. The van der Waals surface area contributed by atoms with Gasteiger partial charge in [-0.05, 0) is 30.7 Å². The largest absolute Gasteiger partial charge is 0.320 e. The lowest BCUT2D eigenvalue weighted by Gasteiger charge is -2.15. The number of anilines is 1. The highest BCUT2D eigenvalue weighted by Crippen LogP contribution is 2.22. The van der Waals surface area contributed by atoms with Crippen molar-refractivity contribution in [2.75, 3.05) is 11.4 Å². The lowest BCUT2D eigenvalue weighted by Crippen LogP contribution is -2.33. The smallest absolute Gasteiger partial charge is 0.243 e. The van der Waals surface area contributed by atoms with Crippen molar-refractivity contribution in [1.29, 1.82) is 0 Å². The average Bonchev–Trinajstić information content (AvgIpc) is 2.50. The van der Waals surface area contributed by atoms with Crippen LogP contribution in [-0.4, -0.2) is 18.5 Å². The first kappa shape index (κ1) is 9.49. The molecule has 1 aromatic carbocycles. The molecule has 1 aliphatic rings. The molecule has 0 aliphatic carbocycles. The lowest BCUT2D eigenvalue weighted by atomic mass is 10.3. The van der Waals surface area contributed by atoms with Gasteiger partial charge < -0.3 is 10.6 Å². The minimum atomic E-state index is -0.342. The molecule has 74 valence electrons. The van der Waals surface area contributed by atoms with Crippen LogP contribution in [0, 0.1) is 0 Å². The summed E-state index contributed by atoms with van der Waals surface area (Å²) in [7, 11) is 0. The van der Waals surface area contributed by atoms with Gasteiger partial charge in [-0.15, -0.1) is 0 Å². The van der Waals surface area contributed by atoms with Crippen LogP contribution in [0.5, 0.6) is 0 Å². The van der Waals surface area contributed by atoms with E-state index in [0.29, 0.717) is 11.6 Å². The molecule has 0 aromatic heterocycles. The van der Waals surface area contributed by atoms with E-state index in [4.69, 9.17) is 17.3 Å². The van der Waals surface area contributed by atoms with Gasteiger partial charge in [0.25, 0.3) is 0 Å². The Labute approximate surface area is 87.4 Å². The molecule has 2 rings (SSSR count). The summed E-state index contributed by atoms with van der Waals surface area (Å²) < 4.78 is 0. The number of benzene rings is 1. The zero-order chi connectivity index (χ0) is 10.1. The third-order valence-electron chi connectivity index (χ3n) is 2.39. The number of carbonyl (C=O) groups is 1. The molecule has 1 aromatic rings. The third-order valence-corrected chi connectivity index (χ3v) is 2.64. The summed E-state index contributed by atoms with van der Waals surface area (Å²) in [5.74, 6) is -0.00711. The van der Waals surface area contributed by atoms with Crippen molar-refractivity contribution in [2.45, 2.75) is 12.5 Å². The summed E-state index contributed by atoms with van der Waals surface area (Å²) in [6.45, 7) is 0.696. The van der Waals surface area contributed by atoms with Gasteiger partial charge in [0.1, 0.15) is 0 Å². The Morgan fingerprint density at radius 3 is 2.50 bits per heavy atom. The molecule has 1 heterocycles. The maximum atomic E-state index is 11.6. The summed E-state index contributed by atoms with van der Waals surface area (Å²) in [6.07, 6.45) is 0.724. The standard InChI is InChI=1S/C10H11ClN2O/c11-7-1-3-8(4-2-7)13-6-5-9(12)10(13)14/h1-4,9H,5-6,12H2/t9-/m0/s1. The van der Waals surface area contributed by atoms with Gasteiger partial charge in [-0.3, -0.25) is 4.79 Å². The molecular formula is C10H11ClN2O. The molecule has 1 aliphatic heterocycles. The molecule has 14 heavy (non-hydrogen) atoms. The molecule has 0 saturated carbocycles. The van der Waals surface area contributed by atoms with Gasteiger partial charge in [-0.2, -0.15) is 0 Å². The van der Waals surface area contributed by atoms with Gasteiger partial charge in [0.2, 0.25) is 5.91 Å². The van der Waals surface area contributed by atoms with Crippen molar-refractivity contribution >= 4 is 23.2 Å². The van der Waals surface area contributed by atoms with Crippen molar-refractivity contribution in [1.82, 2.24) is 0 Å². The molecule has 0 radical (unpaired) electrons. The van der Waals surface area contributed by atoms with Crippen LogP contribution in [0.4, 0.5) is 5.69 Å². The molecule has 1 atom stereocenters. The number of hydrogen-bond acceptors (Lipinski definition) is 2. The molecule has 1 amide bonds. The zero-order valence-electron chi connectivity index (χ0n) is 7.61. The van der Waals surface area contributed by atoms with Crippen LogP contribution in [0.3, 0.4) is 0 Å². The third kappa shape index (κ3) is 1.61. The quantitative estimate of drug-likeness (QED) is 0.762.